The molecule has 0 aliphatic heterocycles. The van der Waals surface area contributed by atoms with E-state index in [0.717, 1.165) is 0 Å². The number of nitrogens with one attached hydrogen (secondary N) is 1. The lowest BCUT2D eigenvalue weighted by Gasteiger charge is -2.14. The van der Waals surface area contributed by atoms with Gasteiger partial charge in [-0.2, -0.15) is 5.26 Å². The van der Waals surface area contributed by atoms with E-state index in [9.17, 15) is 20.2 Å². The van der Waals surface area contributed by atoms with Gasteiger partial charge in [0.1, 0.15) is 5.75 Å². The van der Waals surface area contributed by atoms with Gasteiger partial charge in [0, 0.05) is 12.1 Å². The Labute approximate surface area is 209 Å². The Morgan fingerprint density at radius 2 is 1.80 bits per heavy atom. The van der Waals surface area contributed by atoms with E-state index in [1.165, 1.54) is 38.5 Å². The van der Waals surface area contributed by atoms with Gasteiger partial charge in [-0.15, -0.1) is 0 Å². The summed E-state index contributed by atoms with van der Waals surface area (Å²) in [6.07, 6.45) is 1.62. The lowest BCUT2D eigenvalue weighted by atomic mass is 10.0. The van der Waals surface area contributed by atoms with Crippen molar-refractivity contribution in [1.82, 2.24) is 0 Å². The van der Waals surface area contributed by atoms with Gasteiger partial charge < -0.3 is 19.5 Å². The fourth-order valence-corrected chi connectivity index (χ4v) is 3.72. The first kappa shape index (κ1) is 25.3. The van der Waals surface area contributed by atoms with Crippen LogP contribution in [0.4, 0.5) is 11.4 Å². The number of carbonyl (C=O) groups excluding carboxylic acids is 1. The highest BCUT2D eigenvalue weighted by Gasteiger charge is 2.15. The van der Waals surface area contributed by atoms with Crippen LogP contribution in [0, 0.1) is 21.4 Å². The Hall–Kier alpha value is -4.36. The number of nitrogens with zero attached hydrogens (tertiary/aromatic N) is 2. The van der Waals surface area contributed by atoms with Crippen molar-refractivity contribution in [2.45, 2.75) is 0 Å². The zero-order valence-corrected chi connectivity index (χ0v) is 20.4. The zero-order valence-electron chi connectivity index (χ0n) is 18.8. The monoisotopic (exact) mass is 537 g/mol. The van der Waals surface area contributed by atoms with Crippen molar-refractivity contribution in [3.63, 3.8) is 0 Å². The molecule has 0 unspecified atom stereocenters. The number of halogens is 1. The maximum absolute atomic E-state index is 12.4. The van der Waals surface area contributed by atoms with Crippen LogP contribution in [0.25, 0.3) is 11.6 Å². The molecule has 0 saturated carbocycles. The molecule has 3 aromatic carbocycles. The Bertz CT molecular complexity index is 1320. The average Bonchev–Trinajstić information content (AvgIpc) is 2.86. The minimum absolute atomic E-state index is 0.0632. The molecular weight excluding hydrogens is 518 g/mol. The first-order chi connectivity index (χ1) is 16.9. The minimum atomic E-state index is -0.503. The van der Waals surface area contributed by atoms with Crippen molar-refractivity contribution < 1.29 is 23.9 Å². The van der Waals surface area contributed by atoms with Gasteiger partial charge in [-0.05, 0) is 69.5 Å². The lowest BCUT2D eigenvalue weighted by Crippen LogP contribution is -2.20. The number of non-ortho nitro benzene ring substituents is 1. The van der Waals surface area contributed by atoms with Crippen molar-refractivity contribution in [2.75, 3.05) is 26.1 Å². The van der Waals surface area contributed by atoms with Crippen LogP contribution < -0.4 is 19.5 Å². The number of nitro benzene ring substituents is 1. The molecule has 3 rings (SSSR count). The van der Waals surface area contributed by atoms with Crippen molar-refractivity contribution in [3.05, 3.63) is 86.4 Å². The number of nitro groups is 1. The molecular formula is C25H20BrN3O6. The number of carbonyl (C=O) groups is 1. The van der Waals surface area contributed by atoms with Crippen LogP contribution in [-0.4, -0.2) is 31.7 Å². The van der Waals surface area contributed by atoms with Gasteiger partial charge in [0.2, 0.25) is 0 Å². The third kappa shape index (κ3) is 6.37. The molecule has 0 aromatic heterocycles. The molecule has 0 saturated heterocycles. The summed E-state index contributed by atoms with van der Waals surface area (Å²) in [4.78, 5) is 22.8. The van der Waals surface area contributed by atoms with Crippen LogP contribution in [0.1, 0.15) is 11.1 Å². The molecule has 0 bridgehead atoms. The van der Waals surface area contributed by atoms with E-state index in [1.807, 2.05) is 0 Å². The number of methoxy groups -OCH3 is 2. The summed E-state index contributed by atoms with van der Waals surface area (Å²) in [5.41, 5.74) is 1.91. The van der Waals surface area contributed by atoms with Crippen LogP contribution in [0.15, 0.2) is 65.1 Å². The molecule has 0 aliphatic carbocycles. The second kappa shape index (κ2) is 11.7. The second-order valence-electron chi connectivity index (χ2n) is 7.05. The number of hydrogen-bond donors (Lipinski definition) is 1. The first-order valence-electron chi connectivity index (χ1n) is 10.2. The Kier molecular flexibility index (Phi) is 8.43. The van der Waals surface area contributed by atoms with Gasteiger partial charge in [0.05, 0.1) is 40.9 Å². The van der Waals surface area contributed by atoms with E-state index in [2.05, 4.69) is 27.3 Å². The Morgan fingerprint density at radius 3 is 2.43 bits per heavy atom. The molecule has 1 N–H and O–H groups in total. The molecule has 0 heterocycles. The smallest absolute Gasteiger partial charge is 0.269 e. The second-order valence-corrected chi connectivity index (χ2v) is 7.90. The predicted molar refractivity (Wildman–Crippen MR) is 134 cm³/mol. The van der Waals surface area contributed by atoms with Crippen LogP contribution in [-0.2, 0) is 4.79 Å². The summed E-state index contributed by atoms with van der Waals surface area (Å²) in [5, 5.41) is 23.2. The molecule has 0 fully saturated rings. The fraction of sp³-hybridized carbons (Fsp3) is 0.120. The molecule has 10 heteroatoms. The van der Waals surface area contributed by atoms with Gasteiger partial charge in [-0.1, -0.05) is 12.1 Å². The van der Waals surface area contributed by atoms with E-state index in [4.69, 9.17) is 14.2 Å². The third-order valence-corrected chi connectivity index (χ3v) is 5.39. The number of anilines is 1. The maximum atomic E-state index is 12.4. The number of allylic oxidation sites excluding steroid dienone is 1. The van der Waals surface area contributed by atoms with Crippen LogP contribution in [0.2, 0.25) is 0 Å². The molecule has 0 spiro atoms. The molecule has 35 heavy (non-hydrogen) atoms. The third-order valence-electron chi connectivity index (χ3n) is 4.80. The molecule has 0 aliphatic rings. The lowest BCUT2D eigenvalue weighted by molar-refractivity contribution is -0.384. The highest BCUT2D eigenvalue weighted by molar-refractivity contribution is 9.10. The van der Waals surface area contributed by atoms with E-state index in [1.54, 1.807) is 42.5 Å². The molecule has 178 valence electrons. The first-order valence-corrected chi connectivity index (χ1v) is 11.0. The van der Waals surface area contributed by atoms with E-state index in [-0.39, 0.29) is 12.3 Å². The normalized spacial score (nSPS) is 10.7. The van der Waals surface area contributed by atoms with Gasteiger partial charge in [0.25, 0.3) is 11.6 Å². The fourth-order valence-electron chi connectivity index (χ4n) is 3.14. The highest BCUT2D eigenvalue weighted by atomic mass is 79.9. The van der Waals surface area contributed by atoms with Gasteiger partial charge in [-0.25, -0.2) is 0 Å². The topological polar surface area (TPSA) is 124 Å². The number of ether oxygens (including phenoxy) is 3. The van der Waals surface area contributed by atoms with Gasteiger partial charge in [0.15, 0.2) is 18.1 Å². The van der Waals surface area contributed by atoms with E-state index in [0.29, 0.717) is 44.1 Å². The number of para-hydroxylation sites is 2. The summed E-state index contributed by atoms with van der Waals surface area (Å²) in [7, 11) is 2.97. The number of hydrogen-bond acceptors (Lipinski definition) is 7. The van der Waals surface area contributed by atoms with E-state index >= 15 is 0 Å². The molecule has 1 amide bonds. The molecule has 0 atom stereocenters. The van der Waals surface area contributed by atoms with Crippen molar-refractivity contribution >= 4 is 44.9 Å². The number of rotatable bonds is 9. The van der Waals surface area contributed by atoms with Crippen LogP contribution in [0.3, 0.4) is 0 Å². The SMILES string of the molecule is COc1ccccc1NC(=O)COc1c(Br)cc(/C=C(\C#N)c2ccc([N+](=O)[O-])cc2)cc1OC. The summed E-state index contributed by atoms with van der Waals surface area (Å²) in [5.74, 6) is 0.791. The van der Waals surface area contributed by atoms with Crippen molar-refractivity contribution in [2.24, 2.45) is 0 Å². The number of benzene rings is 3. The summed E-state index contributed by atoms with van der Waals surface area (Å²) in [6, 6.07) is 18.2. The van der Waals surface area contributed by atoms with Crippen molar-refractivity contribution in [3.8, 4) is 23.3 Å². The Morgan fingerprint density at radius 1 is 1.11 bits per heavy atom. The molecule has 3 aromatic rings. The number of nitriles is 1. The quantitative estimate of drug-likeness (QED) is 0.166. The van der Waals surface area contributed by atoms with Gasteiger partial charge in [-0.3, -0.25) is 14.9 Å². The standard InChI is InChI=1S/C25H20BrN3O6/c1-33-22-6-4-3-5-21(22)28-24(30)15-35-25-20(26)12-16(13-23(25)34-2)11-18(14-27)17-7-9-19(10-8-17)29(31)32/h3-13H,15H2,1-2H3,(H,28,30)/b18-11+. The minimum Gasteiger partial charge on any atom is -0.495 e. The summed E-state index contributed by atoms with van der Waals surface area (Å²) in [6.45, 7) is -0.283. The van der Waals surface area contributed by atoms with Crippen LogP contribution in [0.5, 0.6) is 17.2 Å². The molecule has 9 nitrogen and oxygen atoms in total. The van der Waals surface area contributed by atoms with E-state index < -0.39 is 10.8 Å². The van der Waals surface area contributed by atoms with Gasteiger partial charge >= 0.3 is 0 Å². The largest absolute Gasteiger partial charge is 0.495 e. The zero-order chi connectivity index (χ0) is 25.4. The maximum Gasteiger partial charge on any atom is 0.269 e. The van der Waals surface area contributed by atoms with Crippen LogP contribution >= 0.6 is 15.9 Å². The average molecular weight is 538 g/mol. The summed E-state index contributed by atoms with van der Waals surface area (Å²) >= 11 is 3.43. The Balaban J connectivity index is 1.79. The number of amides is 1. The summed E-state index contributed by atoms with van der Waals surface area (Å²) < 4.78 is 16.9. The van der Waals surface area contributed by atoms with Crippen molar-refractivity contribution in [1.29, 1.82) is 5.26 Å². The highest BCUT2D eigenvalue weighted by Crippen LogP contribution is 2.38. The molecule has 0 radical (unpaired) electrons. The predicted octanol–water partition coefficient (Wildman–Crippen LogP) is 5.46.